The number of benzene rings is 1. The number of nitrogens with zero attached hydrogens (tertiary/aromatic N) is 1. The molecule has 0 radical (unpaired) electrons. The normalized spacial score (nSPS) is 10.5. The minimum atomic E-state index is -4.60. The van der Waals surface area contributed by atoms with Crippen molar-refractivity contribution in [2.45, 2.75) is 12.8 Å². The second kappa shape index (κ2) is 8.76. The van der Waals surface area contributed by atoms with Crippen molar-refractivity contribution in [2.75, 3.05) is 13.7 Å². The Balaban J connectivity index is 1.88. The minimum absolute atomic E-state index is 0.0533. The van der Waals surface area contributed by atoms with E-state index in [4.69, 9.17) is 4.74 Å². The van der Waals surface area contributed by atoms with Crippen LogP contribution in [0.3, 0.4) is 0 Å². The highest BCUT2D eigenvalue weighted by Crippen LogP contribution is 2.35. The molecule has 0 aliphatic rings. The summed E-state index contributed by atoms with van der Waals surface area (Å²) < 4.78 is 48.3. The zero-order chi connectivity index (χ0) is 19.0. The van der Waals surface area contributed by atoms with Gasteiger partial charge < -0.3 is 14.8 Å². The number of ether oxygens (including phenoxy) is 2. The Labute approximate surface area is 148 Å². The van der Waals surface area contributed by atoms with Gasteiger partial charge in [-0.15, -0.1) is 0 Å². The molecule has 5 nitrogen and oxygen atoms in total. The van der Waals surface area contributed by atoms with Crippen LogP contribution in [0.15, 0.2) is 42.6 Å². The molecule has 1 aromatic carbocycles. The number of pyridine rings is 1. The van der Waals surface area contributed by atoms with Crippen molar-refractivity contribution in [3.63, 3.8) is 0 Å². The largest absolute Gasteiger partial charge is 0.481 e. The molecule has 2 aromatic rings. The van der Waals surface area contributed by atoms with Gasteiger partial charge in [0.2, 0.25) is 5.88 Å². The third-order valence-corrected chi connectivity index (χ3v) is 3.12. The summed E-state index contributed by atoms with van der Waals surface area (Å²) in [6.07, 6.45) is -4.11. The number of halogens is 3. The van der Waals surface area contributed by atoms with E-state index < -0.39 is 23.7 Å². The van der Waals surface area contributed by atoms with Crippen molar-refractivity contribution >= 4 is 6.09 Å². The van der Waals surface area contributed by atoms with E-state index in [9.17, 15) is 18.0 Å². The fourth-order valence-electron chi connectivity index (χ4n) is 1.92. The Kier molecular flexibility index (Phi) is 6.44. The van der Waals surface area contributed by atoms with Crippen LogP contribution in [0.5, 0.6) is 5.88 Å². The molecule has 0 saturated heterocycles. The lowest BCUT2D eigenvalue weighted by Gasteiger charge is -2.10. The molecule has 26 heavy (non-hydrogen) atoms. The van der Waals surface area contributed by atoms with E-state index in [0.717, 1.165) is 24.9 Å². The zero-order valence-corrected chi connectivity index (χ0v) is 13.8. The summed E-state index contributed by atoms with van der Waals surface area (Å²) in [6.45, 7) is 0.0262. The van der Waals surface area contributed by atoms with E-state index in [2.05, 4.69) is 26.9 Å². The van der Waals surface area contributed by atoms with E-state index in [1.807, 2.05) is 30.3 Å². The van der Waals surface area contributed by atoms with Crippen molar-refractivity contribution in [3.8, 4) is 17.7 Å². The van der Waals surface area contributed by atoms with Crippen LogP contribution in [0.25, 0.3) is 0 Å². The van der Waals surface area contributed by atoms with Crippen LogP contribution in [0.4, 0.5) is 18.0 Å². The summed E-state index contributed by atoms with van der Waals surface area (Å²) in [7, 11) is 1.11. The maximum atomic E-state index is 12.9. The number of carbonyl (C=O) groups is 1. The zero-order valence-electron chi connectivity index (χ0n) is 13.8. The van der Waals surface area contributed by atoms with Gasteiger partial charge in [-0.1, -0.05) is 42.2 Å². The average molecular weight is 364 g/mol. The van der Waals surface area contributed by atoms with E-state index >= 15 is 0 Å². The molecule has 0 spiro atoms. The first-order valence-corrected chi connectivity index (χ1v) is 7.45. The van der Waals surface area contributed by atoms with Crippen LogP contribution in [0.2, 0.25) is 0 Å². The van der Waals surface area contributed by atoms with Crippen LogP contribution < -0.4 is 10.1 Å². The van der Waals surface area contributed by atoms with Gasteiger partial charge in [-0.25, -0.2) is 9.78 Å². The third kappa shape index (κ3) is 5.70. The first-order chi connectivity index (χ1) is 12.4. The van der Waals surface area contributed by atoms with Gasteiger partial charge in [0.05, 0.1) is 13.7 Å². The number of methoxy groups -OCH3 is 1. The molecule has 1 amide bonds. The first-order valence-electron chi connectivity index (χ1n) is 7.45. The maximum Gasteiger partial charge on any atom is 0.421 e. The van der Waals surface area contributed by atoms with E-state index in [1.165, 1.54) is 0 Å². The standard InChI is InChI=1S/C18H15F3N2O3/c1-25-16-15(18(19,20)21)10-14(11-23-16)8-5-9-22-17(24)26-12-13-6-3-2-4-7-13/h2-4,6-7,10-11H,9,12H2,1H3,(H,22,24). The molecule has 0 aliphatic heterocycles. The quantitative estimate of drug-likeness (QED) is 0.845. The summed E-state index contributed by atoms with van der Waals surface area (Å²) >= 11 is 0. The number of hydrogen-bond donors (Lipinski definition) is 1. The fourth-order valence-corrected chi connectivity index (χ4v) is 1.92. The molecular weight excluding hydrogens is 349 g/mol. The number of amides is 1. The van der Waals surface area contributed by atoms with Crippen molar-refractivity contribution in [2.24, 2.45) is 0 Å². The second-order valence-corrected chi connectivity index (χ2v) is 5.00. The number of aromatic nitrogens is 1. The maximum absolute atomic E-state index is 12.9. The van der Waals surface area contributed by atoms with Gasteiger partial charge in [-0.3, -0.25) is 0 Å². The fraction of sp³-hybridized carbons (Fsp3) is 0.222. The summed E-state index contributed by atoms with van der Waals surface area (Å²) in [4.78, 5) is 15.1. The first kappa shape index (κ1) is 19.1. The second-order valence-electron chi connectivity index (χ2n) is 5.00. The minimum Gasteiger partial charge on any atom is -0.481 e. The summed E-state index contributed by atoms with van der Waals surface area (Å²) in [5.74, 6) is 4.51. The molecule has 1 aromatic heterocycles. The van der Waals surface area contributed by atoms with Crippen LogP contribution in [-0.4, -0.2) is 24.7 Å². The molecule has 1 heterocycles. The van der Waals surface area contributed by atoms with Gasteiger partial charge in [-0.05, 0) is 11.6 Å². The Morgan fingerprint density at radius 1 is 1.27 bits per heavy atom. The topological polar surface area (TPSA) is 60.5 Å². The lowest BCUT2D eigenvalue weighted by Crippen LogP contribution is -2.24. The van der Waals surface area contributed by atoms with Crippen molar-refractivity contribution < 1.29 is 27.4 Å². The van der Waals surface area contributed by atoms with Gasteiger partial charge >= 0.3 is 12.3 Å². The number of alkyl halides is 3. The van der Waals surface area contributed by atoms with Gasteiger partial charge in [0.25, 0.3) is 0 Å². The summed E-state index contributed by atoms with van der Waals surface area (Å²) in [5.41, 5.74) is -0.127. The van der Waals surface area contributed by atoms with Crippen LogP contribution >= 0.6 is 0 Å². The molecule has 0 fully saturated rings. The Morgan fingerprint density at radius 2 is 2.00 bits per heavy atom. The number of carbonyl (C=O) groups excluding carboxylic acids is 1. The molecule has 0 atom stereocenters. The Bertz CT molecular complexity index is 812. The summed E-state index contributed by atoms with van der Waals surface area (Å²) in [6, 6.07) is 9.94. The van der Waals surface area contributed by atoms with Crippen molar-refractivity contribution in [1.29, 1.82) is 0 Å². The average Bonchev–Trinajstić information content (AvgIpc) is 2.63. The van der Waals surface area contributed by atoms with Crippen molar-refractivity contribution in [3.05, 3.63) is 59.3 Å². The third-order valence-electron chi connectivity index (χ3n) is 3.12. The number of hydrogen-bond acceptors (Lipinski definition) is 4. The molecule has 8 heteroatoms. The van der Waals surface area contributed by atoms with E-state index in [1.54, 1.807) is 0 Å². The Hall–Kier alpha value is -3.21. The highest BCUT2D eigenvalue weighted by Gasteiger charge is 2.35. The molecule has 0 bridgehead atoms. The highest BCUT2D eigenvalue weighted by molar-refractivity contribution is 5.67. The lowest BCUT2D eigenvalue weighted by molar-refractivity contribution is -0.139. The molecule has 2 rings (SSSR count). The molecule has 0 unspecified atom stereocenters. The molecular formula is C18H15F3N2O3. The van der Waals surface area contributed by atoms with E-state index in [0.29, 0.717) is 0 Å². The predicted octanol–water partition coefficient (Wildman–Crippen LogP) is 3.39. The number of alkyl carbamates (subject to hydrolysis) is 1. The van der Waals surface area contributed by atoms with Crippen LogP contribution in [0.1, 0.15) is 16.7 Å². The molecule has 0 saturated carbocycles. The highest BCUT2D eigenvalue weighted by atomic mass is 19.4. The van der Waals surface area contributed by atoms with Crippen LogP contribution in [0, 0.1) is 11.8 Å². The van der Waals surface area contributed by atoms with Gasteiger partial charge in [0, 0.05) is 11.8 Å². The van der Waals surface area contributed by atoms with E-state index in [-0.39, 0.29) is 18.7 Å². The molecule has 136 valence electrons. The molecule has 0 aliphatic carbocycles. The van der Waals surface area contributed by atoms with Crippen molar-refractivity contribution in [1.82, 2.24) is 10.3 Å². The smallest absolute Gasteiger partial charge is 0.421 e. The SMILES string of the molecule is COc1ncc(C#CCNC(=O)OCc2ccccc2)cc1C(F)(F)F. The van der Waals surface area contributed by atoms with Gasteiger partial charge in [0.1, 0.15) is 12.2 Å². The van der Waals surface area contributed by atoms with Gasteiger partial charge in [0.15, 0.2) is 0 Å². The molecule has 1 N–H and O–H groups in total. The monoisotopic (exact) mass is 364 g/mol. The lowest BCUT2D eigenvalue weighted by atomic mass is 10.2. The summed E-state index contributed by atoms with van der Waals surface area (Å²) in [5, 5.41) is 2.39. The predicted molar refractivity (Wildman–Crippen MR) is 87.3 cm³/mol. The Morgan fingerprint density at radius 3 is 2.65 bits per heavy atom. The van der Waals surface area contributed by atoms with Crippen LogP contribution in [-0.2, 0) is 17.5 Å². The number of nitrogens with one attached hydrogen (secondary N) is 1. The number of rotatable bonds is 4. The van der Waals surface area contributed by atoms with Gasteiger partial charge in [-0.2, -0.15) is 13.2 Å².